The smallest absolute Gasteiger partial charge is 0.270 e. The summed E-state index contributed by atoms with van der Waals surface area (Å²) >= 11 is 0. The number of carbonyl (C=O) groups excluding carboxylic acids is 1. The highest BCUT2D eigenvalue weighted by atomic mass is 16.2. The summed E-state index contributed by atoms with van der Waals surface area (Å²) in [7, 11) is 0. The van der Waals surface area contributed by atoms with E-state index in [1.54, 1.807) is 30.7 Å². The fourth-order valence-corrected chi connectivity index (χ4v) is 2.62. The van der Waals surface area contributed by atoms with Crippen molar-refractivity contribution < 1.29 is 4.79 Å². The van der Waals surface area contributed by atoms with Crippen molar-refractivity contribution in [2.45, 2.75) is 33.4 Å². The molecule has 0 aromatic carbocycles. The Bertz CT molecular complexity index is 959. The number of fused-ring (bicyclic) bond motifs is 1. The second-order valence-corrected chi connectivity index (χ2v) is 5.47. The van der Waals surface area contributed by atoms with Crippen LogP contribution in [0.1, 0.15) is 41.8 Å². The van der Waals surface area contributed by atoms with Crippen LogP contribution in [0.5, 0.6) is 0 Å². The maximum Gasteiger partial charge on any atom is 0.270 e. The van der Waals surface area contributed by atoms with E-state index in [4.69, 9.17) is 0 Å². The molecule has 0 radical (unpaired) electrons. The summed E-state index contributed by atoms with van der Waals surface area (Å²) < 4.78 is 3.12. The van der Waals surface area contributed by atoms with Crippen LogP contribution in [0.4, 0.5) is 0 Å². The van der Waals surface area contributed by atoms with Crippen molar-refractivity contribution >= 4 is 11.6 Å². The number of carbonyl (C=O) groups is 1. The molecule has 0 aliphatic rings. The molecule has 0 saturated heterocycles. The Balaban J connectivity index is 1.93. The summed E-state index contributed by atoms with van der Waals surface area (Å²) in [4.78, 5) is 33.5. The molecule has 8 heteroatoms. The molecule has 0 bridgehead atoms. The third-order valence-electron chi connectivity index (χ3n) is 3.85. The quantitative estimate of drug-likeness (QED) is 0.775. The molecule has 1 unspecified atom stereocenters. The lowest BCUT2D eigenvalue weighted by atomic mass is 10.2. The first-order valence-electron chi connectivity index (χ1n) is 7.69. The average molecular weight is 326 g/mol. The zero-order valence-corrected chi connectivity index (χ0v) is 13.7. The number of aromatic nitrogens is 5. The van der Waals surface area contributed by atoms with Gasteiger partial charge in [-0.25, -0.2) is 14.6 Å². The third kappa shape index (κ3) is 2.66. The fraction of sp³-hybridized carbons (Fsp3) is 0.312. The molecule has 0 aliphatic heterocycles. The van der Waals surface area contributed by atoms with Gasteiger partial charge in [0.05, 0.1) is 6.04 Å². The van der Waals surface area contributed by atoms with Gasteiger partial charge in [-0.15, -0.1) is 0 Å². The zero-order chi connectivity index (χ0) is 17.3. The van der Waals surface area contributed by atoms with E-state index >= 15 is 0 Å². The average Bonchev–Trinajstić information content (AvgIpc) is 3.03. The Hall–Kier alpha value is -3.03. The van der Waals surface area contributed by atoms with Crippen LogP contribution in [0.3, 0.4) is 0 Å². The van der Waals surface area contributed by atoms with Gasteiger partial charge >= 0.3 is 0 Å². The van der Waals surface area contributed by atoms with Crippen molar-refractivity contribution in [1.29, 1.82) is 0 Å². The van der Waals surface area contributed by atoms with E-state index in [2.05, 4.69) is 20.4 Å². The molecule has 0 spiro atoms. The maximum absolute atomic E-state index is 12.6. The predicted octanol–water partition coefficient (Wildman–Crippen LogP) is 1.11. The first-order valence-corrected chi connectivity index (χ1v) is 7.69. The first kappa shape index (κ1) is 15.9. The van der Waals surface area contributed by atoms with Crippen molar-refractivity contribution in [3.63, 3.8) is 0 Å². The van der Waals surface area contributed by atoms with E-state index in [0.29, 0.717) is 18.0 Å². The van der Waals surface area contributed by atoms with E-state index in [-0.39, 0.29) is 17.2 Å². The van der Waals surface area contributed by atoms with Crippen LogP contribution in [0.2, 0.25) is 0 Å². The fourth-order valence-electron chi connectivity index (χ4n) is 2.62. The molecule has 3 aromatic rings. The van der Waals surface area contributed by atoms with E-state index in [0.717, 1.165) is 5.69 Å². The molecule has 24 heavy (non-hydrogen) atoms. The van der Waals surface area contributed by atoms with Crippen molar-refractivity contribution in [1.82, 2.24) is 29.5 Å². The van der Waals surface area contributed by atoms with Crippen molar-refractivity contribution in [3.05, 3.63) is 58.2 Å². The molecular weight excluding hydrogens is 308 g/mol. The van der Waals surface area contributed by atoms with Crippen LogP contribution in [0.15, 0.2) is 35.5 Å². The zero-order valence-electron chi connectivity index (χ0n) is 13.7. The molecule has 1 amide bonds. The second-order valence-electron chi connectivity index (χ2n) is 5.47. The Morgan fingerprint density at radius 3 is 2.88 bits per heavy atom. The largest absolute Gasteiger partial charge is 0.342 e. The maximum atomic E-state index is 12.6. The summed E-state index contributed by atoms with van der Waals surface area (Å²) in [5.74, 6) is 0.152. The molecule has 0 fully saturated rings. The van der Waals surface area contributed by atoms with Crippen LogP contribution in [-0.4, -0.2) is 30.1 Å². The van der Waals surface area contributed by atoms with Gasteiger partial charge in [0.2, 0.25) is 0 Å². The molecule has 8 nitrogen and oxygen atoms in total. The summed E-state index contributed by atoms with van der Waals surface area (Å²) in [6, 6.07) is 4.96. The van der Waals surface area contributed by atoms with Gasteiger partial charge < -0.3 is 5.32 Å². The Morgan fingerprint density at radius 1 is 1.33 bits per heavy atom. The highest BCUT2D eigenvalue weighted by Gasteiger charge is 2.19. The van der Waals surface area contributed by atoms with Crippen LogP contribution in [0, 0.1) is 6.92 Å². The molecular formula is C16H18N6O2. The second kappa shape index (κ2) is 6.23. The standard InChI is InChI=1S/C16H18N6O2/c1-4-21-14(18-9-19-21)11(3)20-15(23)12-8-17-13-7-5-6-10(2)22(13)16(12)24/h5-9,11H,4H2,1-3H3,(H,20,23). The SMILES string of the molecule is CCn1ncnc1C(C)NC(=O)c1cnc2cccc(C)n2c1=O. The minimum atomic E-state index is -0.483. The number of rotatable bonds is 4. The Kier molecular flexibility index (Phi) is 4.11. The molecule has 3 heterocycles. The van der Waals surface area contributed by atoms with Crippen molar-refractivity contribution in [3.8, 4) is 0 Å². The number of nitrogens with zero attached hydrogens (tertiary/aromatic N) is 5. The van der Waals surface area contributed by atoms with Gasteiger partial charge in [0.25, 0.3) is 11.5 Å². The number of nitrogens with one attached hydrogen (secondary N) is 1. The van der Waals surface area contributed by atoms with Crippen LogP contribution >= 0.6 is 0 Å². The molecule has 0 saturated carbocycles. The highest BCUT2D eigenvalue weighted by Crippen LogP contribution is 2.09. The molecule has 124 valence electrons. The molecule has 0 aliphatic carbocycles. The number of hydrogen-bond acceptors (Lipinski definition) is 5. The minimum absolute atomic E-state index is 0.00351. The lowest BCUT2D eigenvalue weighted by Gasteiger charge is -2.14. The minimum Gasteiger partial charge on any atom is -0.342 e. The number of pyridine rings is 1. The normalized spacial score (nSPS) is 12.3. The van der Waals surface area contributed by atoms with Gasteiger partial charge in [-0.1, -0.05) is 6.07 Å². The lowest BCUT2D eigenvalue weighted by molar-refractivity contribution is 0.0935. The lowest BCUT2D eigenvalue weighted by Crippen LogP contribution is -2.34. The van der Waals surface area contributed by atoms with Crippen molar-refractivity contribution in [2.75, 3.05) is 0 Å². The van der Waals surface area contributed by atoms with E-state index < -0.39 is 5.91 Å². The van der Waals surface area contributed by atoms with Gasteiger partial charge in [0, 0.05) is 18.4 Å². The van der Waals surface area contributed by atoms with E-state index in [9.17, 15) is 9.59 Å². The molecule has 3 aromatic heterocycles. The van der Waals surface area contributed by atoms with Gasteiger partial charge in [-0.05, 0) is 32.9 Å². The van der Waals surface area contributed by atoms with Crippen molar-refractivity contribution in [2.24, 2.45) is 0 Å². The molecule has 1 N–H and O–H groups in total. The van der Waals surface area contributed by atoms with E-state index in [1.807, 2.05) is 13.0 Å². The number of amides is 1. The molecule has 1 atom stereocenters. The van der Waals surface area contributed by atoms with Gasteiger partial charge in [0.15, 0.2) is 0 Å². The summed E-state index contributed by atoms with van der Waals surface area (Å²) in [6.07, 6.45) is 2.75. The predicted molar refractivity (Wildman–Crippen MR) is 87.8 cm³/mol. The van der Waals surface area contributed by atoms with E-state index in [1.165, 1.54) is 16.9 Å². The van der Waals surface area contributed by atoms with Gasteiger partial charge in [-0.3, -0.25) is 14.0 Å². The molecule has 3 rings (SSSR count). The Labute approximate surface area is 138 Å². The first-order chi connectivity index (χ1) is 11.5. The monoisotopic (exact) mass is 326 g/mol. The van der Waals surface area contributed by atoms with Crippen LogP contribution in [-0.2, 0) is 6.54 Å². The number of hydrogen-bond donors (Lipinski definition) is 1. The summed E-state index contributed by atoms with van der Waals surface area (Å²) in [6.45, 7) is 6.18. The van der Waals surface area contributed by atoms with Crippen LogP contribution < -0.4 is 10.9 Å². The Morgan fingerprint density at radius 2 is 2.12 bits per heavy atom. The summed E-state index contributed by atoms with van der Waals surface area (Å²) in [5.41, 5.74) is 0.838. The highest BCUT2D eigenvalue weighted by molar-refractivity contribution is 5.93. The summed E-state index contributed by atoms with van der Waals surface area (Å²) in [5, 5.41) is 6.86. The topological polar surface area (TPSA) is 94.2 Å². The number of aryl methyl sites for hydroxylation is 2. The van der Waals surface area contributed by atoms with Gasteiger partial charge in [0.1, 0.15) is 23.4 Å². The van der Waals surface area contributed by atoms with Gasteiger partial charge in [-0.2, -0.15) is 5.10 Å². The van der Waals surface area contributed by atoms with Crippen LogP contribution in [0.25, 0.3) is 5.65 Å². The third-order valence-corrected chi connectivity index (χ3v) is 3.85.